The van der Waals surface area contributed by atoms with E-state index in [-0.39, 0.29) is 11.9 Å². The molecule has 4 heteroatoms. The molecule has 1 unspecified atom stereocenters. The van der Waals surface area contributed by atoms with E-state index in [2.05, 4.69) is 27.8 Å². The minimum atomic E-state index is -0.147. The lowest BCUT2D eigenvalue weighted by molar-refractivity contribution is 0.0986. The van der Waals surface area contributed by atoms with Crippen molar-refractivity contribution in [1.82, 2.24) is 0 Å². The zero-order valence-corrected chi connectivity index (χ0v) is 10.8. The van der Waals surface area contributed by atoms with Gasteiger partial charge in [-0.05, 0) is 24.6 Å². The number of morpholine rings is 1. The Hall–Kier alpha value is -0.610. The Morgan fingerprint density at radius 2 is 2.38 bits per heavy atom. The molecule has 1 fully saturated rings. The Balaban J connectivity index is 2.25. The molecular formula is C12H15BrFNO. The molecule has 1 heterocycles. The van der Waals surface area contributed by atoms with E-state index >= 15 is 0 Å². The number of hydrogen-bond donors (Lipinski definition) is 0. The van der Waals surface area contributed by atoms with Crippen LogP contribution < -0.4 is 4.90 Å². The summed E-state index contributed by atoms with van der Waals surface area (Å²) in [6.45, 7) is 4.15. The van der Waals surface area contributed by atoms with E-state index in [0.29, 0.717) is 24.2 Å². The molecule has 0 aromatic heterocycles. The standard InChI is InChI=1S/C12H15BrFNO/c1-9-8-16-5-4-15(9)12-3-2-10(7-13)6-11(12)14/h2-3,6,9H,4-5,7-8H2,1H3. The van der Waals surface area contributed by atoms with Gasteiger partial charge in [-0.1, -0.05) is 22.0 Å². The van der Waals surface area contributed by atoms with Gasteiger partial charge in [0.05, 0.1) is 18.9 Å². The number of hydrogen-bond acceptors (Lipinski definition) is 2. The van der Waals surface area contributed by atoms with E-state index in [1.54, 1.807) is 6.07 Å². The first kappa shape index (κ1) is 11.9. The summed E-state index contributed by atoms with van der Waals surface area (Å²) in [4.78, 5) is 2.07. The van der Waals surface area contributed by atoms with Crippen LogP contribution in [0.5, 0.6) is 0 Å². The Bertz CT molecular complexity index is 372. The van der Waals surface area contributed by atoms with Crippen molar-refractivity contribution in [1.29, 1.82) is 0 Å². The lowest BCUT2D eigenvalue weighted by Gasteiger charge is -2.35. The van der Waals surface area contributed by atoms with Crippen LogP contribution in [0.4, 0.5) is 10.1 Å². The van der Waals surface area contributed by atoms with Crippen molar-refractivity contribution < 1.29 is 9.13 Å². The van der Waals surface area contributed by atoms with E-state index < -0.39 is 0 Å². The van der Waals surface area contributed by atoms with Crippen LogP contribution in [0, 0.1) is 5.82 Å². The first-order valence-corrected chi connectivity index (χ1v) is 6.53. The average Bonchev–Trinajstić information content (AvgIpc) is 2.30. The highest BCUT2D eigenvalue weighted by Crippen LogP contribution is 2.24. The van der Waals surface area contributed by atoms with Gasteiger partial charge in [0, 0.05) is 17.9 Å². The number of alkyl halides is 1. The molecule has 16 heavy (non-hydrogen) atoms. The Labute approximate surface area is 104 Å². The molecule has 0 aliphatic carbocycles. The molecular weight excluding hydrogens is 273 g/mol. The van der Waals surface area contributed by atoms with Crippen molar-refractivity contribution in [2.24, 2.45) is 0 Å². The Morgan fingerprint density at radius 3 is 3.00 bits per heavy atom. The fraction of sp³-hybridized carbons (Fsp3) is 0.500. The second-order valence-electron chi connectivity index (χ2n) is 4.04. The molecule has 0 saturated carbocycles. The van der Waals surface area contributed by atoms with Crippen molar-refractivity contribution in [2.75, 3.05) is 24.7 Å². The highest BCUT2D eigenvalue weighted by atomic mass is 79.9. The van der Waals surface area contributed by atoms with Gasteiger partial charge in [-0.15, -0.1) is 0 Å². The minimum absolute atomic E-state index is 0.147. The molecule has 0 N–H and O–H groups in total. The van der Waals surface area contributed by atoms with Gasteiger partial charge in [-0.3, -0.25) is 0 Å². The van der Waals surface area contributed by atoms with Gasteiger partial charge < -0.3 is 9.64 Å². The molecule has 0 amide bonds. The molecule has 1 saturated heterocycles. The number of ether oxygens (including phenoxy) is 1. The third-order valence-electron chi connectivity index (χ3n) is 2.84. The van der Waals surface area contributed by atoms with E-state index in [0.717, 1.165) is 12.1 Å². The van der Waals surface area contributed by atoms with Crippen LogP contribution in [0.25, 0.3) is 0 Å². The predicted molar refractivity (Wildman–Crippen MR) is 66.7 cm³/mol. The van der Waals surface area contributed by atoms with Gasteiger partial charge in [0.25, 0.3) is 0 Å². The molecule has 1 aromatic rings. The Morgan fingerprint density at radius 1 is 1.56 bits per heavy atom. The molecule has 88 valence electrons. The fourth-order valence-corrected chi connectivity index (χ4v) is 2.30. The summed E-state index contributed by atoms with van der Waals surface area (Å²) in [6, 6.07) is 5.63. The van der Waals surface area contributed by atoms with Crippen LogP contribution in [0.15, 0.2) is 18.2 Å². The van der Waals surface area contributed by atoms with Gasteiger partial charge in [-0.2, -0.15) is 0 Å². The molecule has 0 radical (unpaired) electrons. The minimum Gasteiger partial charge on any atom is -0.377 e. The highest BCUT2D eigenvalue weighted by molar-refractivity contribution is 9.08. The van der Waals surface area contributed by atoms with E-state index in [9.17, 15) is 4.39 Å². The van der Waals surface area contributed by atoms with Crippen molar-refractivity contribution in [3.05, 3.63) is 29.6 Å². The maximum Gasteiger partial charge on any atom is 0.146 e. The third kappa shape index (κ3) is 2.38. The maximum absolute atomic E-state index is 13.9. The normalized spacial score (nSPS) is 21.2. The SMILES string of the molecule is CC1COCCN1c1ccc(CBr)cc1F. The van der Waals surface area contributed by atoms with Gasteiger partial charge in [0.15, 0.2) is 0 Å². The second kappa shape index (κ2) is 5.15. The summed E-state index contributed by atoms with van der Waals surface area (Å²) in [6.07, 6.45) is 0. The van der Waals surface area contributed by atoms with E-state index in [1.165, 1.54) is 0 Å². The highest BCUT2D eigenvalue weighted by Gasteiger charge is 2.21. The van der Waals surface area contributed by atoms with Gasteiger partial charge >= 0.3 is 0 Å². The quantitative estimate of drug-likeness (QED) is 0.776. The smallest absolute Gasteiger partial charge is 0.146 e. The first-order valence-electron chi connectivity index (χ1n) is 5.41. The summed E-state index contributed by atoms with van der Waals surface area (Å²) >= 11 is 3.32. The third-order valence-corrected chi connectivity index (χ3v) is 3.49. The zero-order chi connectivity index (χ0) is 11.5. The molecule has 2 nitrogen and oxygen atoms in total. The summed E-state index contributed by atoms with van der Waals surface area (Å²) in [7, 11) is 0. The fourth-order valence-electron chi connectivity index (χ4n) is 1.95. The van der Waals surface area contributed by atoms with Crippen molar-refractivity contribution in [3.63, 3.8) is 0 Å². The average molecular weight is 288 g/mol. The molecule has 0 spiro atoms. The summed E-state index contributed by atoms with van der Waals surface area (Å²) in [5, 5.41) is 0.683. The van der Waals surface area contributed by atoms with Crippen LogP contribution in [0.3, 0.4) is 0 Å². The Kier molecular flexibility index (Phi) is 3.82. The van der Waals surface area contributed by atoms with Gasteiger partial charge in [-0.25, -0.2) is 4.39 Å². The maximum atomic E-state index is 13.9. The van der Waals surface area contributed by atoms with Crippen LogP contribution in [-0.4, -0.2) is 25.8 Å². The molecule has 1 aliphatic rings. The van der Waals surface area contributed by atoms with E-state index in [4.69, 9.17) is 4.74 Å². The van der Waals surface area contributed by atoms with E-state index in [1.807, 2.05) is 12.1 Å². The molecule has 1 aromatic carbocycles. The molecule has 0 bridgehead atoms. The predicted octanol–water partition coefficient (Wildman–Crippen LogP) is 2.95. The monoisotopic (exact) mass is 287 g/mol. The lowest BCUT2D eigenvalue weighted by atomic mass is 10.1. The zero-order valence-electron chi connectivity index (χ0n) is 9.25. The van der Waals surface area contributed by atoms with Crippen molar-refractivity contribution >= 4 is 21.6 Å². The number of halogens is 2. The summed E-state index contributed by atoms with van der Waals surface area (Å²) in [5.74, 6) is -0.147. The number of benzene rings is 1. The van der Waals surface area contributed by atoms with Crippen LogP contribution in [-0.2, 0) is 10.1 Å². The van der Waals surface area contributed by atoms with Crippen LogP contribution in [0.2, 0.25) is 0 Å². The number of anilines is 1. The number of rotatable bonds is 2. The topological polar surface area (TPSA) is 12.5 Å². The summed E-state index contributed by atoms with van der Waals surface area (Å²) in [5.41, 5.74) is 1.64. The van der Waals surface area contributed by atoms with Crippen molar-refractivity contribution in [3.8, 4) is 0 Å². The number of nitrogens with zero attached hydrogens (tertiary/aromatic N) is 1. The van der Waals surface area contributed by atoms with Gasteiger partial charge in [0.1, 0.15) is 5.82 Å². The first-order chi connectivity index (χ1) is 7.72. The van der Waals surface area contributed by atoms with Crippen molar-refractivity contribution in [2.45, 2.75) is 18.3 Å². The van der Waals surface area contributed by atoms with Crippen LogP contribution >= 0.6 is 15.9 Å². The van der Waals surface area contributed by atoms with Crippen LogP contribution in [0.1, 0.15) is 12.5 Å². The molecule has 2 rings (SSSR count). The second-order valence-corrected chi connectivity index (χ2v) is 4.60. The van der Waals surface area contributed by atoms with Gasteiger partial charge in [0.2, 0.25) is 0 Å². The molecule has 1 aliphatic heterocycles. The summed E-state index contributed by atoms with van der Waals surface area (Å²) < 4.78 is 19.2. The lowest BCUT2D eigenvalue weighted by Crippen LogP contribution is -2.44. The largest absolute Gasteiger partial charge is 0.377 e. The molecule has 1 atom stereocenters.